The zero-order chi connectivity index (χ0) is 32.4. The number of fused-ring (bicyclic) bond motifs is 1. The van der Waals surface area contributed by atoms with E-state index in [4.69, 9.17) is 17.0 Å². The van der Waals surface area contributed by atoms with Crippen molar-refractivity contribution in [3.05, 3.63) is 59.0 Å². The largest absolute Gasteiger partial charge is 1.00 e. The molecule has 1 aliphatic rings. The number of carbonyl (C=O) groups is 3. The standard InChI is InChI=1S/C28H29N2O8S2.2Na.O3S/c1-2-29(15-5-3-4-7-21(31)8-6-16-30-25(32)12-13-26(30)33)20-10-9-19-17-22(28(34)38-23(19)18-20)24-11-14-27(39-24)40(35,36)37;;;1-4(2)3/h9-10,12-14,17-18H,2-8,15-16H2,1H3,(H,35,36,37);;;/q-1;2*+1;/p-1. The fourth-order valence-corrected chi connectivity index (χ4v) is 6.03. The molecule has 0 aliphatic carbocycles. The summed E-state index contributed by atoms with van der Waals surface area (Å²) in [5, 5.41) is 0.649. The maximum absolute atomic E-state index is 12.6. The molecule has 0 fully saturated rings. The van der Waals surface area contributed by atoms with E-state index < -0.39 is 30.6 Å². The molecule has 3 heterocycles. The minimum absolute atomic E-state index is 0. The average molecular weight is 711 g/mol. The van der Waals surface area contributed by atoms with Gasteiger partial charge in [0, 0.05) is 66.0 Å². The number of Topliss-reactive ketones (excluding diaryl/α,β-unsaturated/α-hetero) is 1. The number of hydrogen-bond donors (Lipinski definition) is 0. The number of nitrogens with zero attached hydrogens (tertiary/aromatic N) is 2. The second kappa shape index (κ2) is 19.7. The van der Waals surface area contributed by atoms with Gasteiger partial charge >= 0.3 is 69.7 Å². The van der Waals surface area contributed by atoms with Crippen LogP contribution in [-0.4, -0.2) is 67.7 Å². The monoisotopic (exact) mass is 710 g/mol. The molecule has 1 aromatic carbocycles. The molecule has 2 amide bonds. The maximum atomic E-state index is 12.6. The number of hydrogen-bond acceptors (Lipinski definition) is 13. The molecule has 1 aliphatic heterocycles. The molecule has 0 unspecified atom stereocenters. The van der Waals surface area contributed by atoms with Gasteiger partial charge in [-0.25, -0.2) is 19.8 Å². The van der Waals surface area contributed by atoms with Crippen molar-refractivity contribution < 1.29 is 104 Å². The Morgan fingerprint density at radius 1 is 1.00 bits per heavy atom. The third kappa shape index (κ3) is 12.6. The Morgan fingerprint density at radius 2 is 1.63 bits per heavy atom. The van der Waals surface area contributed by atoms with Gasteiger partial charge in [0.25, 0.3) is 17.4 Å². The number of imide groups is 1. The van der Waals surface area contributed by atoms with Crippen LogP contribution in [0, 0.1) is 6.07 Å². The molecule has 0 bridgehead atoms. The summed E-state index contributed by atoms with van der Waals surface area (Å²) in [7, 11) is -7.74. The van der Waals surface area contributed by atoms with Gasteiger partial charge in [-0.2, -0.15) is 6.07 Å². The molecule has 0 saturated carbocycles. The first-order valence-electron chi connectivity index (χ1n) is 13.4. The molecule has 46 heavy (non-hydrogen) atoms. The predicted octanol–water partition coefficient (Wildman–Crippen LogP) is -3.11. The Kier molecular flexibility index (Phi) is 18.0. The summed E-state index contributed by atoms with van der Waals surface area (Å²) in [4.78, 5) is 51.4. The molecule has 0 saturated heterocycles. The van der Waals surface area contributed by atoms with Crippen LogP contribution in [0.1, 0.15) is 45.4 Å². The molecular formula is C28H28N2Na2O11S3. The van der Waals surface area contributed by atoms with Gasteiger partial charge in [-0.1, -0.05) is 23.4 Å². The van der Waals surface area contributed by atoms with Crippen LogP contribution < -0.4 is 69.6 Å². The van der Waals surface area contributed by atoms with Crippen molar-refractivity contribution in [1.82, 2.24) is 4.90 Å². The van der Waals surface area contributed by atoms with E-state index in [-0.39, 0.29) is 93.7 Å². The van der Waals surface area contributed by atoms with Crippen LogP contribution >= 0.6 is 11.3 Å². The van der Waals surface area contributed by atoms with Crippen LogP contribution in [-0.2, 0) is 35.1 Å². The maximum Gasteiger partial charge on any atom is 1.00 e. The predicted molar refractivity (Wildman–Crippen MR) is 159 cm³/mol. The molecule has 0 atom stereocenters. The summed E-state index contributed by atoms with van der Waals surface area (Å²) in [6.07, 6.45) is 6.22. The Morgan fingerprint density at radius 3 is 2.22 bits per heavy atom. The van der Waals surface area contributed by atoms with Crippen LogP contribution in [0.3, 0.4) is 0 Å². The zero-order valence-corrected chi connectivity index (χ0v) is 32.0. The molecule has 0 spiro atoms. The number of anilines is 1. The fourth-order valence-electron chi connectivity index (χ4n) is 4.48. The van der Waals surface area contributed by atoms with Gasteiger partial charge in [-0.15, -0.1) is 18.7 Å². The SMILES string of the molecule is CCN(CCCCCC(=O)CCCN1C(=O)C=CC1=O)c1ccc2cc(-c3[c-]cc(S(=O)(=O)[O-])s3)c(=O)oc2c1.O=S(=O)=O.[Na+].[Na+]. The van der Waals surface area contributed by atoms with E-state index in [0.29, 0.717) is 41.6 Å². The van der Waals surface area contributed by atoms with Crippen LogP contribution in [0.2, 0.25) is 0 Å². The van der Waals surface area contributed by atoms with Crippen molar-refractivity contribution in [3.8, 4) is 10.4 Å². The summed E-state index contributed by atoms with van der Waals surface area (Å²) < 4.78 is 64.1. The molecule has 3 aromatic rings. The molecule has 236 valence electrons. The van der Waals surface area contributed by atoms with Crippen molar-refractivity contribution in [1.29, 1.82) is 0 Å². The van der Waals surface area contributed by atoms with Gasteiger partial charge in [0.1, 0.15) is 11.4 Å². The summed E-state index contributed by atoms with van der Waals surface area (Å²) in [5.74, 6) is -0.541. The van der Waals surface area contributed by atoms with Crippen LogP contribution in [0.4, 0.5) is 5.69 Å². The molecule has 0 radical (unpaired) electrons. The van der Waals surface area contributed by atoms with E-state index in [1.54, 1.807) is 12.1 Å². The first kappa shape index (κ1) is 42.0. The minimum Gasteiger partial charge on any atom is -0.753 e. The number of ketones is 1. The zero-order valence-electron chi connectivity index (χ0n) is 25.5. The summed E-state index contributed by atoms with van der Waals surface area (Å²) >= 11 is 0.677. The van der Waals surface area contributed by atoms with Crippen molar-refractivity contribution >= 4 is 66.3 Å². The molecular weight excluding hydrogens is 682 g/mol. The van der Waals surface area contributed by atoms with E-state index in [0.717, 1.165) is 49.0 Å². The molecule has 13 nitrogen and oxygen atoms in total. The number of amides is 2. The summed E-state index contributed by atoms with van der Waals surface area (Å²) in [6.45, 7) is 3.76. The second-order valence-electron chi connectivity index (χ2n) is 9.56. The second-order valence-corrected chi connectivity index (χ2v) is 12.6. The number of benzene rings is 1. The quantitative estimate of drug-likeness (QED) is 0.0409. The minimum atomic E-state index is -4.63. The Labute approximate surface area is 315 Å². The Hall–Kier alpha value is -1.99. The molecule has 4 rings (SSSR count). The Bertz CT molecular complexity index is 1830. The first-order chi connectivity index (χ1) is 20.8. The summed E-state index contributed by atoms with van der Waals surface area (Å²) in [6, 6.07) is 10.8. The topological polar surface area (TPSA) is 196 Å². The fraction of sp³-hybridized carbons (Fsp3) is 0.357. The van der Waals surface area contributed by atoms with Crippen LogP contribution in [0.25, 0.3) is 21.4 Å². The van der Waals surface area contributed by atoms with E-state index in [2.05, 4.69) is 11.0 Å². The molecule has 18 heteroatoms. The van der Waals surface area contributed by atoms with Crippen molar-refractivity contribution in [2.24, 2.45) is 0 Å². The number of thiophene rings is 1. The first-order valence-corrected chi connectivity index (χ1v) is 16.6. The number of carbonyl (C=O) groups excluding carboxylic acids is 3. The van der Waals surface area contributed by atoms with Crippen molar-refractivity contribution in [2.45, 2.75) is 49.7 Å². The van der Waals surface area contributed by atoms with Crippen molar-refractivity contribution in [2.75, 3.05) is 24.5 Å². The van der Waals surface area contributed by atoms with Gasteiger partial charge < -0.3 is 13.9 Å². The van der Waals surface area contributed by atoms with E-state index >= 15 is 0 Å². The van der Waals surface area contributed by atoms with E-state index in [9.17, 15) is 32.1 Å². The van der Waals surface area contributed by atoms with E-state index in [1.807, 2.05) is 19.1 Å². The van der Waals surface area contributed by atoms with Gasteiger partial charge in [-0.05, 0) is 37.8 Å². The average Bonchev–Trinajstić information content (AvgIpc) is 3.57. The van der Waals surface area contributed by atoms with Gasteiger partial charge in [-0.3, -0.25) is 24.1 Å². The third-order valence-corrected chi connectivity index (χ3v) is 8.94. The summed E-state index contributed by atoms with van der Waals surface area (Å²) in [5.41, 5.74) is 0.749. The number of rotatable bonds is 14. The van der Waals surface area contributed by atoms with Crippen molar-refractivity contribution in [3.63, 3.8) is 0 Å². The normalized spacial score (nSPS) is 12.3. The number of unbranched alkanes of at least 4 members (excludes halogenated alkanes) is 2. The van der Waals surface area contributed by atoms with Gasteiger partial charge in [0.2, 0.25) is 0 Å². The smallest absolute Gasteiger partial charge is 0.753 e. The van der Waals surface area contributed by atoms with Gasteiger partial charge in [0.05, 0.1) is 10.1 Å². The molecule has 0 N–H and O–H groups in total. The van der Waals surface area contributed by atoms with Gasteiger partial charge in [0.15, 0.2) is 0 Å². The Balaban J connectivity index is 0.00000166. The van der Waals surface area contributed by atoms with Crippen LogP contribution in [0.15, 0.2) is 55.9 Å². The third-order valence-electron chi connectivity index (χ3n) is 6.60. The van der Waals surface area contributed by atoms with Crippen LogP contribution in [0.5, 0.6) is 0 Å². The van der Waals surface area contributed by atoms with E-state index in [1.165, 1.54) is 12.2 Å². The molecule has 2 aromatic heterocycles.